The van der Waals surface area contributed by atoms with Crippen molar-refractivity contribution in [3.05, 3.63) is 0 Å². The highest BCUT2D eigenvalue weighted by Crippen LogP contribution is 2.30. The van der Waals surface area contributed by atoms with Gasteiger partial charge in [-0.05, 0) is 19.3 Å². The molecular formula is C8H17NO3. The van der Waals surface area contributed by atoms with Crippen molar-refractivity contribution in [2.75, 3.05) is 19.8 Å². The van der Waals surface area contributed by atoms with Crippen molar-refractivity contribution in [3.8, 4) is 0 Å². The van der Waals surface area contributed by atoms with Crippen LogP contribution in [0.1, 0.15) is 19.3 Å². The summed E-state index contributed by atoms with van der Waals surface area (Å²) < 4.78 is 0. The SMILES string of the molecule is OC[C@@H](O)CNC1(CO)CCC1. The molecule has 12 heavy (non-hydrogen) atoms. The van der Waals surface area contributed by atoms with Crippen molar-refractivity contribution in [2.24, 2.45) is 0 Å². The third-order valence-corrected chi connectivity index (χ3v) is 2.54. The molecule has 1 aliphatic carbocycles. The maximum absolute atomic E-state index is 9.04. The predicted octanol–water partition coefficient (Wildman–Crippen LogP) is -1.16. The number of rotatable bonds is 5. The molecule has 0 amide bonds. The second-order valence-electron chi connectivity index (χ2n) is 3.51. The zero-order chi connectivity index (χ0) is 9.03. The van der Waals surface area contributed by atoms with E-state index in [4.69, 9.17) is 15.3 Å². The van der Waals surface area contributed by atoms with Gasteiger partial charge in [-0.15, -0.1) is 0 Å². The fourth-order valence-corrected chi connectivity index (χ4v) is 1.39. The van der Waals surface area contributed by atoms with Gasteiger partial charge in [0, 0.05) is 12.1 Å². The first-order chi connectivity index (χ1) is 5.72. The molecule has 1 saturated carbocycles. The molecule has 0 aromatic carbocycles. The fourth-order valence-electron chi connectivity index (χ4n) is 1.39. The molecule has 4 nitrogen and oxygen atoms in total. The molecule has 0 saturated heterocycles. The number of β-amino-alcohol motifs (C(OH)–C–C–N with tert-alkyl or cyclic N) is 1. The van der Waals surface area contributed by atoms with Crippen LogP contribution in [-0.2, 0) is 0 Å². The highest BCUT2D eigenvalue weighted by Gasteiger charge is 2.35. The van der Waals surface area contributed by atoms with E-state index in [0.29, 0.717) is 6.54 Å². The number of hydrogen-bond donors (Lipinski definition) is 4. The number of aliphatic hydroxyl groups is 3. The first-order valence-electron chi connectivity index (χ1n) is 4.37. The minimum absolute atomic E-state index is 0.116. The second kappa shape index (κ2) is 4.18. The third-order valence-electron chi connectivity index (χ3n) is 2.54. The topological polar surface area (TPSA) is 72.7 Å². The zero-order valence-electron chi connectivity index (χ0n) is 7.16. The van der Waals surface area contributed by atoms with E-state index in [9.17, 15) is 0 Å². The first-order valence-corrected chi connectivity index (χ1v) is 4.37. The van der Waals surface area contributed by atoms with Gasteiger partial charge < -0.3 is 20.6 Å². The summed E-state index contributed by atoms with van der Waals surface area (Å²) in [7, 11) is 0. The lowest BCUT2D eigenvalue weighted by atomic mass is 9.77. The summed E-state index contributed by atoms with van der Waals surface area (Å²) in [6.07, 6.45) is 2.33. The Hall–Kier alpha value is -0.160. The van der Waals surface area contributed by atoms with Gasteiger partial charge in [0.25, 0.3) is 0 Å². The van der Waals surface area contributed by atoms with Gasteiger partial charge in [0.05, 0.1) is 19.3 Å². The van der Waals surface area contributed by atoms with Crippen LogP contribution >= 0.6 is 0 Å². The van der Waals surface area contributed by atoms with Gasteiger partial charge in [-0.1, -0.05) is 0 Å². The van der Waals surface area contributed by atoms with Gasteiger partial charge in [-0.3, -0.25) is 0 Å². The van der Waals surface area contributed by atoms with Crippen LogP contribution < -0.4 is 5.32 Å². The van der Waals surface area contributed by atoms with E-state index in [0.717, 1.165) is 19.3 Å². The minimum Gasteiger partial charge on any atom is -0.394 e. The Balaban J connectivity index is 2.20. The maximum atomic E-state index is 9.04. The normalized spacial score (nSPS) is 23.2. The Morgan fingerprint density at radius 2 is 2.00 bits per heavy atom. The van der Waals surface area contributed by atoms with Gasteiger partial charge >= 0.3 is 0 Å². The van der Waals surface area contributed by atoms with E-state index < -0.39 is 6.10 Å². The molecule has 1 fully saturated rings. The van der Waals surface area contributed by atoms with E-state index in [2.05, 4.69) is 5.32 Å². The summed E-state index contributed by atoms with van der Waals surface area (Å²) >= 11 is 0. The van der Waals surface area contributed by atoms with Gasteiger partial charge in [0.1, 0.15) is 0 Å². The molecule has 0 aromatic heterocycles. The molecule has 0 spiro atoms. The van der Waals surface area contributed by atoms with Crippen molar-refractivity contribution in [2.45, 2.75) is 30.9 Å². The Labute approximate surface area is 72.2 Å². The molecule has 0 heterocycles. The van der Waals surface area contributed by atoms with E-state index in [1.54, 1.807) is 0 Å². The van der Waals surface area contributed by atoms with E-state index in [1.807, 2.05) is 0 Å². The molecular weight excluding hydrogens is 158 g/mol. The van der Waals surface area contributed by atoms with Crippen LogP contribution in [0.5, 0.6) is 0 Å². The average molecular weight is 175 g/mol. The van der Waals surface area contributed by atoms with Gasteiger partial charge in [0.15, 0.2) is 0 Å². The maximum Gasteiger partial charge on any atom is 0.0895 e. The van der Waals surface area contributed by atoms with Gasteiger partial charge in [-0.25, -0.2) is 0 Å². The van der Waals surface area contributed by atoms with Crippen molar-refractivity contribution in [1.82, 2.24) is 5.32 Å². The van der Waals surface area contributed by atoms with Gasteiger partial charge in [0.2, 0.25) is 0 Å². The smallest absolute Gasteiger partial charge is 0.0895 e. The standard InChI is InChI=1S/C8H17NO3/c10-5-7(12)4-9-8(6-11)2-1-3-8/h7,9-12H,1-6H2/t7-/m0/s1. The lowest BCUT2D eigenvalue weighted by Crippen LogP contribution is -2.56. The lowest BCUT2D eigenvalue weighted by molar-refractivity contribution is 0.0494. The van der Waals surface area contributed by atoms with Crippen LogP contribution in [0.25, 0.3) is 0 Å². The molecule has 0 aromatic rings. The zero-order valence-corrected chi connectivity index (χ0v) is 7.16. The Kier molecular flexibility index (Phi) is 3.46. The molecule has 1 aliphatic rings. The summed E-state index contributed by atoms with van der Waals surface area (Å²) in [5, 5.41) is 29.7. The third kappa shape index (κ3) is 2.17. The molecule has 1 rings (SSSR count). The van der Waals surface area contributed by atoms with Crippen LogP contribution in [-0.4, -0.2) is 46.7 Å². The molecule has 0 aliphatic heterocycles. The van der Waals surface area contributed by atoms with Crippen LogP contribution in [0.15, 0.2) is 0 Å². The van der Waals surface area contributed by atoms with Crippen LogP contribution in [0.4, 0.5) is 0 Å². The Morgan fingerprint density at radius 3 is 2.33 bits per heavy atom. The highest BCUT2D eigenvalue weighted by atomic mass is 16.3. The molecule has 4 N–H and O–H groups in total. The van der Waals surface area contributed by atoms with E-state index in [1.165, 1.54) is 0 Å². The Morgan fingerprint density at radius 1 is 1.33 bits per heavy atom. The summed E-state index contributed by atoms with van der Waals surface area (Å²) in [6.45, 7) is 0.247. The Bertz CT molecular complexity index is 131. The summed E-state index contributed by atoms with van der Waals surface area (Å²) in [6, 6.07) is 0. The summed E-state index contributed by atoms with van der Waals surface area (Å²) in [5.41, 5.74) is -0.170. The second-order valence-corrected chi connectivity index (χ2v) is 3.51. The molecule has 72 valence electrons. The monoisotopic (exact) mass is 175 g/mol. The van der Waals surface area contributed by atoms with Crippen molar-refractivity contribution < 1.29 is 15.3 Å². The number of hydrogen-bond acceptors (Lipinski definition) is 4. The van der Waals surface area contributed by atoms with Gasteiger partial charge in [-0.2, -0.15) is 0 Å². The van der Waals surface area contributed by atoms with Crippen LogP contribution in [0.3, 0.4) is 0 Å². The van der Waals surface area contributed by atoms with Crippen molar-refractivity contribution in [1.29, 1.82) is 0 Å². The van der Waals surface area contributed by atoms with Crippen LogP contribution in [0.2, 0.25) is 0 Å². The number of nitrogens with one attached hydrogen (secondary N) is 1. The molecule has 1 atom stereocenters. The fraction of sp³-hybridized carbons (Fsp3) is 1.00. The minimum atomic E-state index is -0.714. The lowest BCUT2D eigenvalue weighted by Gasteiger charge is -2.41. The first kappa shape index (κ1) is 9.92. The molecule has 0 unspecified atom stereocenters. The highest BCUT2D eigenvalue weighted by molar-refractivity contribution is 4.95. The summed E-state index contributed by atoms with van der Waals surface area (Å²) in [5.74, 6) is 0. The predicted molar refractivity (Wildman–Crippen MR) is 44.8 cm³/mol. The molecule has 4 heteroatoms. The number of aliphatic hydroxyl groups excluding tert-OH is 3. The molecule has 0 radical (unpaired) electrons. The molecule has 0 bridgehead atoms. The van der Waals surface area contributed by atoms with E-state index in [-0.39, 0.29) is 18.8 Å². The largest absolute Gasteiger partial charge is 0.394 e. The quantitative estimate of drug-likeness (QED) is 0.425. The van der Waals surface area contributed by atoms with E-state index >= 15 is 0 Å². The van der Waals surface area contributed by atoms with Crippen molar-refractivity contribution >= 4 is 0 Å². The van der Waals surface area contributed by atoms with Crippen molar-refractivity contribution in [3.63, 3.8) is 0 Å². The average Bonchev–Trinajstić information content (AvgIpc) is 2.03. The summed E-state index contributed by atoms with van der Waals surface area (Å²) in [4.78, 5) is 0. The van der Waals surface area contributed by atoms with Crippen LogP contribution in [0, 0.1) is 0 Å².